The fraction of sp³-hybridized carbons (Fsp3) is 0.500. The number of urea groups is 1. The minimum absolute atomic E-state index is 0.0377. The Morgan fingerprint density at radius 1 is 1.45 bits per heavy atom. The van der Waals surface area contributed by atoms with Crippen LogP contribution in [0.2, 0.25) is 0 Å². The lowest BCUT2D eigenvalue weighted by atomic mass is 10.2. The number of rotatable bonds is 5. The minimum Gasteiger partial charge on any atom is -0.486 e. The lowest BCUT2D eigenvalue weighted by Crippen LogP contribution is -2.47. The summed E-state index contributed by atoms with van der Waals surface area (Å²) in [6, 6.07) is 7.21. The monoisotopic (exact) mass is 280 g/mol. The summed E-state index contributed by atoms with van der Waals surface area (Å²) in [4.78, 5) is 11.6. The molecule has 1 aromatic rings. The third-order valence-corrected chi connectivity index (χ3v) is 2.85. The lowest BCUT2D eigenvalue weighted by molar-refractivity contribution is 0.0915. The molecule has 1 aliphatic rings. The number of ether oxygens (including phenoxy) is 3. The van der Waals surface area contributed by atoms with Crippen LogP contribution in [0.4, 0.5) is 4.79 Å². The first-order valence-corrected chi connectivity index (χ1v) is 6.61. The van der Waals surface area contributed by atoms with Crippen LogP contribution >= 0.6 is 0 Å². The standard InChI is InChI=1S/C14H20N2O4/c1-10(8-18-2)16-14(17)15-7-11-9-19-12-5-3-4-6-13(12)20-11/h3-6,10-11H,7-9H2,1-2H3,(H2,15,16,17). The van der Waals surface area contributed by atoms with Crippen LogP contribution in [0, 0.1) is 0 Å². The van der Waals surface area contributed by atoms with Crippen molar-refractivity contribution in [2.45, 2.75) is 19.1 Å². The second-order valence-corrected chi connectivity index (χ2v) is 4.71. The number of carbonyl (C=O) groups is 1. The van der Waals surface area contributed by atoms with Crippen LogP contribution in [0.25, 0.3) is 0 Å². The summed E-state index contributed by atoms with van der Waals surface area (Å²) in [7, 11) is 1.60. The molecule has 2 N–H and O–H groups in total. The van der Waals surface area contributed by atoms with Gasteiger partial charge in [0.1, 0.15) is 6.61 Å². The average molecular weight is 280 g/mol. The summed E-state index contributed by atoms with van der Waals surface area (Å²) in [5.74, 6) is 1.45. The first-order valence-electron chi connectivity index (χ1n) is 6.61. The molecule has 0 bridgehead atoms. The second-order valence-electron chi connectivity index (χ2n) is 4.71. The maximum Gasteiger partial charge on any atom is 0.315 e. The van der Waals surface area contributed by atoms with Gasteiger partial charge >= 0.3 is 6.03 Å². The molecule has 0 radical (unpaired) electrons. The van der Waals surface area contributed by atoms with Crippen LogP contribution < -0.4 is 20.1 Å². The molecule has 1 aromatic carbocycles. The molecule has 0 saturated carbocycles. The number of methoxy groups -OCH3 is 1. The Hall–Kier alpha value is -1.95. The predicted molar refractivity (Wildman–Crippen MR) is 74.2 cm³/mol. The Bertz CT molecular complexity index is 453. The molecule has 0 fully saturated rings. The largest absolute Gasteiger partial charge is 0.486 e. The Balaban J connectivity index is 1.74. The van der Waals surface area contributed by atoms with Gasteiger partial charge in [-0.05, 0) is 19.1 Å². The number of hydrogen-bond donors (Lipinski definition) is 2. The van der Waals surface area contributed by atoms with Crippen molar-refractivity contribution in [2.24, 2.45) is 0 Å². The molecule has 2 atom stereocenters. The van der Waals surface area contributed by atoms with Gasteiger partial charge in [-0.1, -0.05) is 12.1 Å². The first-order chi connectivity index (χ1) is 9.69. The van der Waals surface area contributed by atoms with E-state index in [0.29, 0.717) is 25.5 Å². The zero-order valence-corrected chi connectivity index (χ0v) is 11.7. The molecule has 110 valence electrons. The topological polar surface area (TPSA) is 68.8 Å². The van der Waals surface area contributed by atoms with Crippen molar-refractivity contribution >= 4 is 6.03 Å². The van der Waals surface area contributed by atoms with Crippen molar-refractivity contribution < 1.29 is 19.0 Å². The number of nitrogens with one attached hydrogen (secondary N) is 2. The normalized spacial score (nSPS) is 18.2. The average Bonchev–Trinajstić information content (AvgIpc) is 2.45. The summed E-state index contributed by atoms with van der Waals surface area (Å²) < 4.78 is 16.3. The van der Waals surface area contributed by atoms with Gasteiger partial charge in [0.2, 0.25) is 0 Å². The molecule has 0 spiro atoms. The van der Waals surface area contributed by atoms with Gasteiger partial charge in [0, 0.05) is 7.11 Å². The van der Waals surface area contributed by atoms with Crippen molar-refractivity contribution in [1.82, 2.24) is 10.6 Å². The Labute approximate surface area is 118 Å². The third-order valence-electron chi connectivity index (χ3n) is 2.85. The summed E-state index contributed by atoms with van der Waals surface area (Å²) in [5.41, 5.74) is 0. The van der Waals surface area contributed by atoms with Gasteiger partial charge in [-0.25, -0.2) is 4.79 Å². The highest BCUT2D eigenvalue weighted by Gasteiger charge is 2.21. The molecular weight excluding hydrogens is 260 g/mol. The SMILES string of the molecule is COCC(C)NC(=O)NCC1COc2ccccc2O1. The van der Waals surface area contributed by atoms with Crippen molar-refractivity contribution in [3.05, 3.63) is 24.3 Å². The van der Waals surface area contributed by atoms with Gasteiger partial charge in [-0.3, -0.25) is 0 Å². The molecule has 1 aliphatic heterocycles. The maximum atomic E-state index is 11.6. The highest BCUT2D eigenvalue weighted by Crippen LogP contribution is 2.30. The van der Waals surface area contributed by atoms with Gasteiger partial charge in [-0.15, -0.1) is 0 Å². The van der Waals surface area contributed by atoms with Gasteiger partial charge in [-0.2, -0.15) is 0 Å². The van der Waals surface area contributed by atoms with Crippen molar-refractivity contribution in [1.29, 1.82) is 0 Å². The maximum absolute atomic E-state index is 11.6. The molecule has 0 aliphatic carbocycles. The highest BCUT2D eigenvalue weighted by atomic mass is 16.6. The number of para-hydroxylation sites is 2. The summed E-state index contributed by atoms with van der Waals surface area (Å²) in [6.45, 7) is 3.16. The van der Waals surface area contributed by atoms with E-state index in [4.69, 9.17) is 14.2 Å². The fourth-order valence-electron chi connectivity index (χ4n) is 1.94. The van der Waals surface area contributed by atoms with E-state index in [0.717, 1.165) is 5.75 Å². The summed E-state index contributed by atoms with van der Waals surface area (Å²) in [6.07, 6.45) is -0.187. The number of carbonyl (C=O) groups excluding carboxylic acids is 1. The van der Waals surface area contributed by atoms with Crippen LogP contribution in [0.3, 0.4) is 0 Å². The molecule has 0 aromatic heterocycles. The van der Waals surface area contributed by atoms with E-state index in [1.165, 1.54) is 0 Å². The zero-order valence-electron chi connectivity index (χ0n) is 11.7. The van der Waals surface area contributed by atoms with E-state index < -0.39 is 0 Å². The lowest BCUT2D eigenvalue weighted by Gasteiger charge is -2.26. The van der Waals surface area contributed by atoms with Crippen LogP contribution in [-0.2, 0) is 4.74 Å². The fourth-order valence-corrected chi connectivity index (χ4v) is 1.94. The molecule has 2 rings (SSSR count). The van der Waals surface area contributed by atoms with E-state index in [1.54, 1.807) is 7.11 Å². The van der Waals surface area contributed by atoms with Gasteiger partial charge in [0.05, 0.1) is 19.2 Å². The van der Waals surface area contributed by atoms with E-state index in [-0.39, 0.29) is 18.2 Å². The van der Waals surface area contributed by atoms with Gasteiger partial charge in [0.25, 0.3) is 0 Å². The smallest absolute Gasteiger partial charge is 0.315 e. The predicted octanol–water partition coefficient (Wildman–Crippen LogP) is 1.16. The van der Waals surface area contributed by atoms with Crippen molar-refractivity contribution in [3.63, 3.8) is 0 Å². The van der Waals surface area contributed by atoms with Crippen LogP contribution in [0.1, 0.15) is 6.92 Å². The summed E-state index contributed by atoms with van der Waals surface area (Å²) >= 11 is 0. The Kier molecular flexibility index (Phi) is 5.06. The van der Waals surface area contributed by atoms with Crippen LogP contribution in [0.5, 0.6) is 11.5 Å². The Morgan fingerprint density at radius 3 is 2.95 bits per heavy atom. The van der Waals surface area contributed by atoms with Crippen LogP contribution in [-0.4, -0.2) is 45.0 Å². The van der Waals surface area contributed by atoms with E-state index in [2.05, 4.69) is 10.6 Å². The van der Waals surface area contributed by atoms with Gasteiger partial charge < -0.3 is 24.8 Å². The molecule has 1 heterocycles. The number of amides is 2. The highest BCUT2D eigenvalue weighted by molar-refractivity contribution is 5.74. The Morgan fingerprint density at radius 2 is 2.20 bits per heavy atom. The molecule has 2 amide bonds. The van der Waals surface area contributed by atoms with Crippen LogP contribution in [0.15, 0.2) is 24.3 Å². The molecule has 6 nitrogen and oxygen atoms in total. The first kappa shape index (κ1) is 14.5. The number of benzene rings is 1. The molecule has 2 unspecified atom stereocenters. The molecule has 0 saturated heterocycles. The van der Waals surface area contributed by atoms with E-state index >= 15 is 0 Å². The second kappa shape index (κ2) is 7.00. The van der Waals surface area contributed by atoms with Crippen molar-refractivity contribution in [3.8, 4) is 11.5 Å². The van der Waals surface area contributed by atoms with Gasteiger partial charge in [0.15, 0.2) is 17.6 Å². The van der Waals surface area contributed by atoms with Crippen molar-refractivity contribution in [2.75, 3.05) is 26.9 Å². The molecular formula is C14H20N2O4. The molecule has 20 heavy (non-hydrogen) atoms. The van der Waals surface area contributed by atoms with E-state index in [9.17, 15) is 4.79 Å². The third kappa shape index (κ3) is 4.03. The quantitative estimate of drug-likeness (QED) is 0.849. The molecule has 6 heteroatoms. The number of hydrogen-bond acceptors (Lipinski definition) is 4. The number of fused-ring (bicyclic) bond motifs is 1. The zero-order chi connectivity index (χ0) is 14.4. The van der Waals surface area contributed by atoms with E-state index in [1.807, 2.05) is 31.2 Å². The minimum atomic E-state index is -0.239. The summed E-state index contributed by atoms with van der Waals surface area (Å²) in [5, 5.41) is 5.53.